The SMILES string of the molecule is C#CCOc1cccc(Cl)c1[C@H]1CC(c2csc(C3=CCN(C(=O)Cn4nc(C(F)F)cc4C(F)F)C=C3)n2)=NO1. The second-order valence-electron chi connectivity index (χ2n) is 8.79. The van der Waals surface area contributed by atoms with Crippen LogP contribution in [-0.4, -0.2) is 44.4 Å². The first-order valence-electron chi connectivity index (χ1n) is 12.1. The van der Waals surface area contributed by atoms with Gasteiger partial charge in [-0.05, 0) is 24.3 Å². The summed E-state index contributed by atoms with van der Waals surface area (Å²) in [6.07, 6.45) is 4.03. The number of nitrogens with zero attached hydrogens (tertiary/aromatic N) is 5. The maximum atomic E-state index is 13.2. The van der Waals surface area contributed by atoms with E-state index < -0.39 is 42.8 Å². The summed E-state index contributed by atoms with van der Waals surface area (Å²) in [6, 6.07) is 5.84. The Labute approximate surface area is 240 Å². The fraction of sp³-hybridized carbons (Fsp3) is 0.259. The number of rotatable bonds is 9. The lowest BCUT2D eigenvalue weighted by molar-refractivity contribution is -0.129. The number of carbonyl (C=O) groups is 1. The van der Waals surface area contributed by atoms with Gasteiger partial charge in [0.1, 0.15) is 41.0 Å². The molecule has 0 saturated carbocycles. The van der Waals surface area contributed by atoms with E-state index in [4.69, 9.17) is 27.6 Å². The number of benzene rings is 1. The standard InChI is InChI=1S/C27H20ClF4N5O3S/c1-2-10-39-21-5-3-4-16(28)24(21)22-12-17(35-40-22)19-14-41-27(33-19)15-6-8-36(9-7-15)23(38)13-37-20(26(31)32)11-18(34-37)25(29)30/h1,3-8,11,14,22,25-26H,9-10,12-13H2/t22-/m1/s1. The van der Waals surface area contributed by atoms with Gasteiger partial charge in [-0.2, -0.15) is 5.10 Å². The van der Waals surface area contributed by atoms with Crippen LogP contribution in [-0.2, 0) is 16.2 Å². The predicted octanol–water partition coefficient (Wildman–Crippen LogP) is 6.19. The number of carbonyl (C=O) groups excluding carboxylic acids is 1. The van der Waals surface area contributed by atoms with E-state index in [1.807, 2.05) is 5.38 Å². The molecule has 2 aliphatic rings. The number of aromatic nitrogens is 3. The highest BCUT2D eigenvalue weighted by Gasteiger charge is 2.30. The minimum absolute atomic E-state index is 0.0779. The van der Waals surface area contributed by atoms with E-state index in [0.29, 0.717) is 49.9 Å². The van der Waals surface area contributed by atoms with Crippen LogP contribution >= 0.6 is 22.9 Å². The number of ether oxygens (including phenoxy) is 1. The summed E-state index contributed by atoms with van der Waals surface area (Å²) in [5, 5.41) is 10.6. The van der Waals surface area contributed by atoms with E-state index in [2.05, 4.69) is 21.2 Å². The summed E-state index contributed by atoms with van der Waals surface area (Å²) in [7, 11) is 0. The second-order valence-corrected chi connectivity index (χ2v) is 10.1. The minimum atomic E-state index is -3.05. The molecule has 1 atom stereocenters. The predicted molar refractivity (Wildman–Crippen MR) is 144 cm³/mol. The van der Waals surface area contributed by atoms with Gasteiger partial charge in [-0.3, -0.25) is 9.48 Å². The molecule has 0 saturated heterocycles. The number of hydrogen-bond donors (Lipinski definition) is 0. The Morgan fingerprint density at radius 3 is 2.83 bits per heavy atom. The van der Waals surface area contributed by atoms with E-state index in [0.717, 1.165) is 5.57 Å². The molecule has 0 unspecified atom stereocenters. The average Bonchev–Trinajstić information content (AvgIpc) is 3.72. The lowest BCUT2D eigenvalue weighted by atomic mass is 10.0. The highest BCUT2D eigenvalue weighted by molar-refractivity contribution is 7.11. The molecule has 0 aliphatic carbocycles. The van der Waals surface area contributed by atoms with Gasteiger partial charge in [0.15, 0.2) is 6.10 Å². The molecule has 0 radical (unpaired) electrons. The summed E-state index contributed by atoms with van der Waals surface area (Å²) >= 11 is 7.78. The Balaban J connectivity index is 1.22. The summed E-state index contributed by atoms with van der Waals surface area (Å²) in [4.78, 5) is 24.3. The van der Waals surface area contributed by atoms with Crippen molar-refractivity contribution in [3.05, 3.63) is 80.7 Å². The molecule has 0 N–H and O–H groups in total. The highest BCUT2D eigenvalue weighted by atomic mass is 35.5. The van der Waals surface area contributed by atoms with Crippen molar-refractivity contribution in [2.45, 2.75) is 31.9 Å². The van der Waals surface area contributed by atoms with Crippen molar-refractivity contribution in [1.82, 2.24) is 19.7 Å². The van der Waals surface area contributed by atoms with Gasteiger partial charge in [0.2, 0.25) is 5.91 Å². The normalized spacial score (nSPS) is 16.5. The molecular formula is C27H20ClF4N5O3S. The molecule has 3 aromatic rings. The number of allylic oxidation sites excluding steroid dienone is 2. The molecule has 14 heteroatoms. The van der Waals surface area contributed by atoms with Gasteiger partial charge in [-0.1, -0.05) is 34.8 Å². The number of hydrogen-bond acceptors (Lipinski definition) is 7. The molecule has 2 aliphatic heterocycles. The number of terminal acetylenes is 1. The van der Waals surface area contributed by atoms with Crippen LogP contribution in [0.1, 0.15) is 53.0 Å². The third-order valence-corrected chi connectivity index (χ3v) is 7.41. The molecule has 41 heavy (non-hydrogen) atoms. The van der Waals surface area contributed by atoms with E-state index >= 15 is 0 Å². The van der Waals surface area contributed by atoms with Crippen molar-refractivity contribution in [2.75, 3.05) is 13.2 Å². The van der Waals surface area contributed by atoms with Crippen molar-refractivity contribution < 1.29 is 31.9 Å². The fourth-order valence-electron chi connectivity index (χ4n) is 4.22. The molecule has 0 fully saturated rings. The van der Waals surface area contributed by atoms with Crippen LogP contribution in [0.4, 0.5) is 17.6 Å². The Morgan fingerprint density at radius 1 is 1.29 bits per heavy atom. The number of thiazole rings is 1. The van der Waals surface area contributed by atoms with Gasteiger partial charge in [-0.15, -0.1) is 17.8 Å². The molecule has 1 amide bonds. The maximum absolute atomic E-state index is 13.2. The molecule has 212 valence electrons. The van der Waals surface area contributed by atoms with Crippen LogP contribution in [0.2, 0.25) is 5.02 Å². The molecule has 2 aromatic heterocycles. The van der Waals surface area contributed by atoms with E-state index in [9.17, 15) is 22.4 Å². The van der Waals surface area contributed by atoms with Crippen LogP contribution in [0.5, 0.6) is 5.75 Å². The molecular weight excluding hydrogens is 586 g/mol. The van der Waals surface area contributed by atoms with E-state index in [-0.39, 0.29) is 13.2 Å². The van der Waals surface area contributed by atoms with Gasteiger partial charge >= 0.3 is 0 Å². The minimum Gasteiger partial charge on any atom is -0.480 e. The van der Waals surface area contributed by atoms with Gasteiger partial charge < -0.3 is 14.5 Å². The van der Waals surface area contributed by atoms with Crippen LogP contribution in [0.15, 0.2) is 53.2 Å². The summed E-state index contributed by atoms with van der Waals surface area (Å²) < 4.78 is 58.6. The van der Waals surface area contributed by atoms with Crippen molar-refractivity contribution >= 4 is 40.1 Å². The molecule has 1 aromatic carbocycles. The summed E-state index contributed by atoms with van der Waals surface area (Å²) in [5.41, 5.74) is 1.07. The van der Waals surface area contributed by atoms with Gasteiger partial charge in [-0.25, -0.2) is 22.5 Å². The van der Waals surface area contributed by atoms with Crippen molar-refractivity contribution in [1.29, 1.82) is 0 Å². The largest absolute Gasteiger partial charge is 0.480 e. The lowest BCUT2D eigenvalue weighted by Gasteiger charge is -2.20. The average molecular weight is 606 g/mol. The van der Waals surface area contributed by atoms with Gasteiger partial charge in [0.05, 0.1) is 16.3 Å². The number of oxime groups is 1. The molecule has 5 rings (SSSR count). The Kier molecular flexibility index (Phi) is 8.41. The van der Waals surface area contributed by atoms with Crippen LogP contribution in [0.25, 0.3) is 5.57 Å². The zero-order valence-corrected chi connectivity index (χ0v) is 22.6. The summed E-state index contributed by atoms with van der Waals surface area (Å²) in [6.45, 7) is -0.399. The number of alkyl halides is 4. The first kappa shape index (κ1) is 28.4. The molecule has 0 spiro atoms. The Hall–Kier alpha value is -4.15. The first-order valence-corrected chi connectivity index (χ1v) is 13.4. The molecule has 0 bridgehead atoms. The highest BCUT2D eigenvalue weighted by Crippen LogP contribution is 2.40. The zero-order valence-electron chi connectivity index (χ0n) is 21.0. The van der Waals surface area contributed by atoms with Crippen LogP contribution < -0.4 is 4.74 Å². The lowest BCUT2D eigenvalue weighted by Crippen LogP contribution is -2.31. The zero-order chi connectivity index (χ0) is 29.1. The molecule has 8 nitrogen and oxygen atoms in total. The van der Waals surface area contributed by atoms with Crippen molar-refractivity contribution in [3.8, 4) is 18.1 Å². The van der Waals surface area contributed by atoms with E-state index in [1.54, 1.807) is 30.4 Å². The third-order valence-electron chi connectivity index (χ3n) is 6.19. The topological polar surface area (TPSA) is 81.8 Å². The molecule has 4 heterocycles. The Bertz CT molecular complexity index is 1590. The quantitative estimate of drug-likeness (QED) is 0.215. The van der Waals surface area contributed by atoms with E-state index in [1.165, 1.54) is 22.4 Å². The second kappa shape index (κ2) is 12.2. The van der Waals surface area contributed by atoms with Crippen molar-refractivity contribution in [3.63, 3.8) is 0 Å². The van der Waals surface area contributed by atoms with Gasteiger partial charge in [0, 0.05) is 30.1 Å². The first-order chi connectivity index (χ1) is 19.7. The van der Waals surface area contributed by atoms with Crippen LogP contribution in [0.3, 0.4) is 0 Å². The summed E-state index contributed by atoms with van der Waals surface area (Å²) in [5.74, 6) is 2.35. The third kappa shape index (κ3) is 6.13. The smallest absolute Gasteiger partial charge is 0.282 e. The maximum Gasteiger partial charge on any atom is 0.282 e. The monoisotopic (exact) mass is 605 g/mol. The number of amides is 1. The Morgan fingerprint density at radius 2 is 2.12 bits per heavy atom. The number of halogens is 5. The van der Waals surface area contributed by atoms with Gasteiger partial charge in [0.25, 0.3) is 12.9 Å². The fourth-order valence-corrected chi connectivity index (χ4v) is 5.35. The van der Waals surface area contributed by atoms with Crippen molar-refractivity contribution in [2.24, 2.45) is 5.16 Å². The van der Waals surface area contributed by atoms with Crippen LogP contribution in [0, 0.1) is 12.3 Å².